The van der Waals surface area contributed by atoms with Crippen LogP contribution >= 0.6 is 22.9 Å². The van der Waals surface area contributed by atoms with Crippen molar-refractivity contribution in [2.75, 3.05) is 6.61 Å². The Kier molecular flexibility index (Phi) is 3.99. The van der Waals surface area contributed by atoms with Crippen molar-refractivity contribution in [3.05, 3.63) is 39.2 Å². The minimum absolute atomic E-state index is 0.335. The number of halogens is 1. The third-order valence-electron chi connectivity index (χ3n) is 2.46. The monoisotopic (exact) mass is 281 g/mol. The maximum atomic E-state index is 11.9. The molecule has 0 aliphatic carbocycles. The van der Waals surface area contributed by atoms with E-state index in [2.05, 4.69) is 4.98 Å². The summed E-state index contributed by atoms with van der Waals surface area (Å²) in [5.41, 5.74) is 2.55. The molecule has 0 saturated heterocycles. The molecule has 3 nitrogen and oxygen atoms in total. The van der Waals surface area contributed by atoms with E-state index in [1.54, 1.807) is 6.92 Å². The van der Waals surface area contributed by atoms with Crippen LogP contribution in [0.1, 0.15) is 22.2 Å². The van der Waals surface area contributed by atoms with E-state index < -0.39 is 0 Å². The highest BCUT2D eigenvalue weighted by molar-refractivity contribution is 7.17. The smallest absolute Gasteiger partial charge is 0.350 e. The van der Waals surface area contributed by atoms with Gasteiger partial charge in [-0.3, -0.25) is 0 Å². The molecule has 0 unspecified atom stereocenters. The normalized spacial score (nSPS) is 10.4. The van der Waals surface area contributed by atoms with Gasteiger partial charge in [-0.05, 0) is 19.4 Å². The number of rotatable bonds is 3. The molecule has 94 valence electrons. The van der Waals surface area contributed by atoms with Gasteiger partial charge >= 0.3 is 5.97 Å². The van der Waals surface area contributed by atoms with Crippen LogP contribution in [0.3, 0.4) is 0 Å². The molecule has 1 aromatic heterocycles. The number of aryl methyl sites for hydroxylation is 1. The predicted molar refractivity (Wildman–Crippen MR) is 73.3 cm³/mol. The Morgan fingerprint density at radius 2 is 2.17 bits per heavy atom. The summed E-state index contributed by atoms with van der Waals surface area (Å²) in [6.45, 7) is 4.08. The van der Waals surface area contributed by atoms with E-state index in [0.29, 0.717) is 21.6 Å². The standard InChI is InChI=1S/C13H12ClNO2S/c1-3-17-12(16)11-10(15-13(14)18-11)9-7-5-4-6-8(9)2/h4-7H,3H2,1-2H3. The summed E-state index contributed by atoms with van der Waals surface area (Å²) in [4.78, 5) is 16.5. The molecule has 1 heterocycles. The van der Waals surface area contributed by atoms with Crippen LogP contribution in [0.5, 0.6) is 0 Å². The molecule has 0 radical (unpaired) electrons. The van der Waals surface area contributed by atoms with Crippen LogP contribution in [-0.2, 0) is 4.74 Å². The Hall–Kier alpha value is -1.39. The Morgan fingerprint density at radius 3 is 2.83 bits per heavy atom. The van der Waals surface area contributed by atoms with Gasteiger partial charge in [0.15, 0.2) is 4.47 Å². The summed E-state index contributed by atoms with van der Waals surface area (Å²) in [6, 6.07) is 7.74. The number of benzene rings is 1. The molecule has 2 aromatic rings. The van der Waals surface area contributed by atoms with Gasteiger partial charge in [-0.15, -0.1) is 0 Å². The second-order valence-corrected chi connectivity index (χ2v) is 5.26. The molecule has 0 aliphatic heterocycles. The van der Waals surface area contributed by atoms with E-state index in [1.807, 2.05) is 31.2 Å². The van der Waals surface area contributed by atoms with Crippen LogP contribution < -0.4 is 0 Å². The lowest BCUT2D eigenvalue weighted by Gasteiger charge is -2.05. The van der Waals surface area contributed by atoms with Gasteiger partial charge in [0.05, 0.1) is 12.3 Å². The van der Waals surface area contributed by atoms with Gasteiger partial charge in [0, 0.05) is 5.56 Å². The van der Waals surface area contributed by atoms with E-state index in [0.717, 1.165) is 22.5 Å². The van der Waals surface area contributed by atoms with Crippen molar-refractivity contribution in [2.45, 2.75) is 13.8 Å². The second kappa shape index (κ2) is 5.50. The molecular weight excluding hydrogens is 270 g/mol. The van der Waals surface area contributed by atoms with Crippen LogP contribution in [0, 0.1) is 6.92 Å². The van der Waals surface area contributed by atoms with Gasteiger partial charge in [-0.1, -0.05) is 47.2 Å². The van der Waals surface area contributed by atoms with Gasteiger partial charge in [0.1, 0.15) is 4.88 Å². The third-order valence-corrected chi connectivity index (χ3v) is 3.60. The van der Waals surface area contributed by atoms with Crippen molar-refractivity contribution in [2.24, 2.45) is 0 Å². The molecule has 0 bridgehead atoms. The second-order valence-electron chi connectivity index (χ2n) is 3.68. The summed E-state index contributed by atoms with van der Waals surface area (Å²) in [7, 11) is 0. The highest BCUT2D eigenvalue weighted by Gasteiger charge is 2.20. The summed E-state index contributed by atoms with van der Waals surface area (Å²) in [5, 5.41) is 0. The number of nitrogens with zero attached hydrogens (tertiary/aromatic N) is 1. The Labute approximate surface area is 114 Å². The van der Waals surface area contributed by atoms with E-state index in [9.17, 15) is 4.79 Å². The zero-order chi connectivity index (χ0) is 13.1. The Balaban J connectivity index is 2.51. The molecule has 0 amide bonds. The van der Waals surface area contributed by atoms with Crippen molar-refractivity contribution in [3.8, 4) is 11.3 Å². The third kappa shape index (κ3) is 2.54. The largest absolute Gasteiger partial charge is 0.462 e. The maximum Gasteiger partial charge on any atom is 0.350 e. The first-order valence-corrected chi connectivity index (χ1v) is 6.72. The van der Waals surface area contributed by atoms with E-state index in [4.69, 9.17) is 16.3 Å². The minimum Gasteiger partial charge on any atom is -0.462 e. The van der Waals surface area contributed by atoms with E-state index in [1.165, 1.54) is 0 Å². The van der Waals surface area contributed by atoms with Gasteiger partial charge in [0.25, 0.3) is 0 Å². The lowest BCUT2D eigenvalue weighted by atomic mass is 10.1. The average Bonchev–Trinajstić information content (AvgIpc) is 2.72. The van der Waals surface area contributed by atoms with Gasteiger partial charge in [-0.25, -0.2) is 9.78 Å². The van der Waals surface area contributed by atoms with Crippen LogP contribution in [0.25, 0.3) is 11.3 Å². The van der Waals surface area contributed by atoms with Crippen LogP contribution in [0.2, 0.25) is 4.47 Å². The zero-order valence-corrected chi connectivity index (χ0v) is 11.6. The average molecular weight is 282 g/mol. The van der Waals surface area contributed by atoms with Crippen LogP contribution in [-0.4, -0.2) is 17.6 Å². The number of ether oxygens (including phenoxy) is 1. The Bertz CT molecular complexity index is 580. The number of hydrogen-bond donors (Lipinski definition) is 0. The minimum atomic E-state index is -0.375. The van der Waals surface area contributed by atoms with Crippen molar-refractivity contribution in [1.82, 2.24) is 4.98 Å². The lowest BCUT2D eigenvalue weighted by molar-refractivity contribution is 0.0532. The molecule has 0 N–H and O–H groups in total. The van der Waals surface area contributed by atoms with E-state index in [-0.39, 0.29) is 5.97 Å². The van der Waals surface area contributed by atoms with Crippen molar-refractivity contribution < 1.29 is 9.53 Å². The van der Waals surface area contributed by atoms with Crippen LogP contribution in [0.4, 0.5) is 0 Å². The molecule has 1 aromatic carbocycles. The zero-order valence-electron chi connectivity index (χ0n) is 10.1. The topological polar surface area (TPSA) is 39.2 Å². The van der Waals surface area contributed by atoms with Crippen molar-refractivity contribution in [1.29, 1.82) is 0 Å². The molecule has 5 heteroatoms. The predicted octanol–water partition coefficient (Wildman–Crippen LogP) is 3.95. The number of carbonyl (C=O) groups excluding carboxylic acids is 1. The molecule has 18 heavy (non-hydrogen) atoms. The number of thiazole rings is 1. The number of aromatic nitrogens is 1. The maximum absolute atomic E-state index is 11.9. The van der Waals surface area contributed by atoms with Gasteiger partial charge < -0.3 is 4.74 Å². The fourth-order valence-corrected chi connectivity index (χ4v) is 2.67. The Morgan fingerprint density at radius 1 is 1.44 bits per heavy atom. The SMILES string of the molecule is CCOC(=O)c1sc(Cl)nc1-c1ccccc1C. The van der Waals surface area contributed by atoms with Gasteiger partial charge in [-0.2, -0.15) is 0 Å². The quantitative estimate of drug-likeness (QED) is 0.800. The molecule has 0 aliphatic rings. The molecule has 0 fully saturated rings. The summed E-state index contributed by atoms with van der Waals surface area (Å²) in [6.07, 6.45) is 0. The van der Waals surface area contributed by atoms with Crippen LogP contribution in [0.15, 0.2) is 24.3 Å². The van der Waals surface area contributed by atoms with Crippen molar-refractivity contribution in [3.63, 3.8) is 0 Å². The summed E-state index contributed by atoms with van der Waals surface area (Å²) < 4.78 is 5.36. The molecular formula is C13H12ClNO2S. The fraction of sp³-hybridized carbons (Fsp3) is 0.231. The molecule has 0 atom stereocenters. The number of hydrogen-bond acceptors (Lipinski definition) is 4. The van der Waals surface area contributed by atoms with Crippen molar-refractivity contribution >= 4 is 28.9 Å². The fourth-order valence-electron chi connectivity index (χ4n) is 1.65. The number of carbonyl (C=O) groups is 1. The lowest BCUT2D eigenvalue weighted by Crippen LogP contribution is -2.04. The summed E-state index contributed by atoms with van der Waals surface area (Å²) >= 11 is 7.06. The molecule has 2 rings (SSSR count). The first-order valence-electron chi connectivity index (χ1n) is 5.53. The molecule has 0 saturated carbocycles. The first kappa shape index (κ1) is 13.1. The summed E-state index contributed by atoms with van der Waals surface area (Å²) in [5.74, 6) is -0.375. The van der Waals surface area contributed by atoms with E-state index >= 15 is 0 Å². The highest BCUT2D eigenvalue weighted by atomic mass is 35.5. The van der Waals surface area contributed by atoms with Gasteiger partial charge in [0.2, 0.25) is 0 Å². The first-order chi connectivity index (χ1) is 8.63. The highest BCUT2D eigenvalue weighted by Crippen LogP contribution is 2.33. The number of esters is 1. The molecule has 0 spiro atoms.